The van der Waals surface area contributed by atoms with Gasteiger partial charge in [-0.25, -0.2) is 9.59 Å². The van der Waals surface area contributed by atoms with Crippen LogP contribution in [0.4, 0.5) is 4.79 Å². The van der Waals surface area contributed by atoms with E-state index in [0.717, 1.165) is 5.56 Å². The zero-order valence-electron chi connectivity index (χ0n) is 10.9. The Kier molecular flexibility index (Phi) is 5.63. The Labute approximate surface area is 117 Å². The minimum Gasteiger partial charge on any atom is -0.480 e. The van der Waals surface area contributed by atoms with Crippen molar-refractivity contribution < 1.29 is 14.7 Å². The van der Waals surface area contributed by atoms with Gasteiger partial charge < -0.3 is 15.3 Å². The number of carboxylic acid groups (broad SMARTS) is 1. The molecule has 0 heterocycles. The van der Waals surface area contributed by atoms with Crippen molar-refractivity contribution in [3.8, 4) is 0 Å². The quantitative estimate of drug-likeness (QED) is 0.872. The molecule has 0 aliphatic heterocycles. The van der Waals surface area contributed by atoms with Crippen molar-refractivity contribution in [2.75, 3.05) is 7.05 Å². The van der Waals surface area contributed by atoms with Gasteiger partial charge in [0.15, 0.2) is 0 Å². The van der Waals surface area contributed by atoms with Crippen molar-refractivity contribution in [1.29, 1.82) is 0 Å². The van der Waals surface area contributed by atoms with Crippen LogP contribution in [0.15, 0.2) is 24.3 Å². The molecule has 2 N–H and O–H groups in total. The maximum absolute atomic E-state index is 11.8. The van der Waals surface area contributed by atoms with Gasteiger partial charge in [-0.15, -0.1) is 0 Å². The summed E-state index contributed by atoms with van der Waals surface area (Å²) < 4.78 is 0. The number of rotatable bonds is 5. The third-order valence-corrected chi connectivity index (χ3v) is 3.03. The van der Waals surface area contributed by atoms with Crippen LogP contribution in [-0.4, -0.2) is 35.1 Å². The second-order valence-corrected chi connectivity index (χ2v) is 4.60. The van der Waals surface area contributed by atoms with E-state index in [9.17, 15) is 9.59 Å². The number of nitrogens with one attached hydrogen (secondary N) is 1. The number of hydrogen-bond acceptors (Lipinski definition) is 2. The molecule has 0 aromatic heterocycles. The first kappa shape index (κ1) is 15.3. The van der Waals surface area contributed by atoms with Crippen LogP contribution in [0.2, 0.25) is 5.02 Å². The van der Waals surface area contributed by atoms with Crippen LogP contribution >= 0.6 is 11.6 Å². The van der Waals surface area contributed by atoms with Crippen LogP contribution < -0.4 is 5.32 Å². The summed E-state index contributed by atoms with van der Waals surface area (Å²) in [5.41, 5.74) is 0.859. The largest absolute Gasteiger partial charge is 0.480 e. The standard InChI is InChI=1S/C13H17ClN2O3/c1-3-11(12(17)18)16(2)13(19)15-8-9-5-4-6-10(14)7-9/h4-7,11H,3,8H2,1-2H3,(H,15,19)(H,17,18). The van der Waals surface area contributed by atoms with Gasteiger partial charge >= 0.3 is 12.0 Å². The van der Waals surface area contributed by atoms with E-state index in [1.807, 2.05) is 6.07 Å². The number of hydrogen-bond donors (Lipinski definition) is 2. The van der Waals surface area contributed by atoms with E-state index in [0.29, 0.717) is 18.0 Å². The van der Waals surface area contributed by atoms with Gasteiger partial charge in [-0.05, 0) is 24.1 Å². The SMILES string of the molecule is CCC(C(=O)O)N(C)C(=O)NCc1cccc(Cl)c1. The van der Waals surface area contributed by atoms with E-state index in [1.54, 1.807) is 25.1 Å². The van der Waals surface area contributed by atoms with Crippen molar-refractivity contribution in [1.82, 2.24) is 10.2 Å². The van der Waals surface area contributed by atoms with Crippen molar-refractivity contribution >= 4 is 23.6 Å². The molecule has 0 aliphatic rings. The summed E-state index contributed by atoms with van der Waals surface area (Å²) in [6, 6.07) is 5.88. The van der Waals surface area contributed by atoms with Crippen LogP contribution in [-0.2, 0) is 11.3 Å². The molecule has 2 amide bonds. The summed E-state index contributed by atoms with van der Waals surface area (Å²) in [5.74, 6) is -1.01. The van der Waals surface area contributed by atoms with Crippen molar-refractivity contribution in [2.24, 2.45) is 0 Å². The molecule has 1 aromatic rings. The Hall–Kier alpha value is -1.75. The first-order valence-corrected chi connectivity index (χ1v) is 6.31. The molecular formula is C13H17ClN2O3. The fourth-order valence-corrected chi connectivity index (χ4v) is 1.92. The van der Waals surface area contributed by atoms with Gasteiger partial charge in [0.1, 0.15) is 6.04 Å². The van der Waals surface area contributed by atoms with E-state index in [-0.39, 0.29) is 0 Å². The normalized spacial score (nSPS) is 11.7. The van der Waals surface area contributed by atoms with Gasteiger partial charge in [-0.2, -0.15) is 0 Å². The fraction of sp³-hybridized carbons (Fsp3) is 0.385. The van der Waals surface area contributed by atoms with Crippen LogP contribution in [0.1, 0.15) is 18.9 Å². The monoisotopic (exact) mass is 284 g/mol. The Morgan fingerprint density at radius 3 is 2.68 bits per heavy atom. The number of amides is 2. The average Bonchev–Trinajstić information content (AvgIpc) is 2.36. The molecule has 1 rings (SSSR count). The predicted molar refractivity (Wildman–Crippen MR) is 73.2 cm³/mol. The van der Waals surface area contributed by atoms with E-state index < -0.39 is 18.0 Å². The summed E-state index contributed by atoms with van der Waals surface area (Å²) in [5, 5.41) is 12.2. The van der Waals surface area contributed by atoms with Gasteiger partial charge in [-0.1, -0.05) is 30.7 Å². The number of benzene rings is 1. The molecule has 6 heteroatoms. The van der Waals surface area contributed by atoms with Gasteiger partial charge in [0.2, 0.25) is 0 Å². The Morgan fingerprint density at radius 2 is 2.16 bits per heavy atom. The number of urea groups is 1. The number of aliphatic carboxylic acids is 1. The van der Waals surface area contributed by atoms with E-state index in [4.69, 9.17) is 16.7 Å². The maximum Gasteiger partial charge on any atom is 0.326 e. The van der Waals surface area contributed by atoms with Crippen molar-refractivity contribution in [2.45, 2.75) is 25.9 Å². The predicted octanol–water partition coefficient (Wildman–Crippen LogP) is 2.34. The molecule has 0 radical (unpaired) electrons. The number of carbonyl (C=O) groups excluding carboxylic acids is 1. The van der Waals surface area contributed by atoms with Gasteiger partial charge in [0.05, 0.1) is 0 Å². The van der Waals surface area contributed by atoms with Crippen LogP contribution in [0.25, 0.3) is 0 Å². The van der Waals surface area contributed by atoms with Crippen molar-refractivity contribution in [3.63, 3.8) is 0 Å². The molecular weight excluding hydrogens is 268 g/mol. The van der Waals surface area contributed by atoms with Gasteiger partial charge in [0.25, 0.3) is 0 Å². The van der Waals surface area contributed by atoms with Gasteiger partial charge in [-0.3, -0.25) is 0 Å². The number of nitrogens with zero attached hydrogens (tertiary/aromatic N) is 1. The highest BCUT2D eigenvalue weighted by atomic mass is 35.5. The van der Waals surface area contributed by atoms with Crippen LogP contribution in [0.3, 0.4) is 0 Å². The molecule has 104 valence electrons. The highest BCUT2D eigenvalue weighted by Crippen LogP contribution is 2.10. The lowest BCUT2D eigenvalue weighted by Gasteiger charge is -2.24. The lowest BCUT2D eigenvalue weighted by atomic mass is 10.2. The van der Waals surface area contributed by atoms with Gasteiger partial charge in [0, 0.05) is 18.6 Å². The second-order valence-electron chi connectivity index (χ2n) is 4.16. The zero-order valence-corrected chi connectivity index (χ0v) is 11.6. The molecule has 0 saturated carbocycles. The Morgan fingerprint density at radius 1 is 1.47 bits per heavy atom. The number of halogens is 1. The minimum absolute atomic E-state index is 0.305. The van der Waals surface area contributed by atoms with E-state index in [2.05, 4.69) is 5.32 Å². The summed E-state index contributed by atoms with van der Waals surface area (Å²) in [4.78, 5) is 24.0. The molecule has 5 nitrogen and oxygen atoms in total. The fourth-order valence-electron chi connectivity index (χ4n) is 1.70. The Bertz CT molecular complexity index is 465. The Balaban J connectivity index is 2.57. The summed E-state index contributed by atoms with van der Waals surface area (Å²) >= 11 is 5.84. The molecule has 1 atom stereocenters. The molecule has 1 unspecified atom stereocenters. The average molecular weight is 285 g/mol. The smallest absolute Gasteiger partial charge is 0.326 e. The highest BCUT2D eigenvalue weighted by molar-refractivity contribution is 6.30. The van der Waals surface area contributed by atoms with E-state index >= 15 is 0 Å². The molecule has 19 heavy (non-hydrogen) atoms. The van der Waals surface area contributed by atoms with E-state index in [1.165, 1.54) is 11.9 Å². The summed E-state index contributed by atoms with van der Waals surface area (Å²) in [6.45, 7) is 2.03. The molecule has 0 fully saturated rings. The number of likely N-dealkylation sites (N-methyl/N-ethyl adjacent to an activating group) is 1. The number of carboxylic acids is 1. The summed E-state index contributed by atoms with van der Waals surface area (Å²) in [6.07, 6.45) is 0.358. The second kappa shape index (κ2) is 6.99. The molecule has 0 aliphatic carbocycles. The molecule has 0 bridgehead atoms. The third kappa shape index (κ3) is 4.44. The lowest BCUT2D eigenvalue weighted by Crippen LogP contribution is -2.46. The molecule has 0 spiro atoms. The minimum atomic E-state index is -1.01. The van der Waals surface area contributed by atoms with Crippen LogP contribution in [0, 0.1) is 0 Å². The lowest BCUT2D eigenvalue weighted by molar-refractivity contribution is -0.141. The van der Waals surface area contributed by atoms with Crippen LogP contribution in [0.5, 0.6) is 0 Å². The van der Waals surface area contributed by atoms with Crippen molar-refractivity contribution in [3.05, 3.63) is 34.9 Å². The maximum atomic E-state index is 11.8. The first-order valence-electron chi connectivity index (χ1n) is 5.93. The first-order chi connectivity index (χ1) is 8.95. The summed E-state index contributed by atoms with van der Waals surface area (Å²) in [7, 11) is 1.47. The number of carbonyl (C=O) groups is 2. The molecule has 0 saturated heterocycles. The highest BCUT2D eigenvalue weighted by Gasteiger charge is 2.24. The molecule has 1 aromatic carbocycles. The zero-order chi connectivity index (χ0) is 14.4. The third-order valence-electron chi connectivity index (χ3n) is 2.79. The topological polar surface area (TPSA) is 69.6 Å².